The Morgan fingerprint density at radius 2 is 2.00 bits per heavy atom. The van der Waals surface area contributed by atoms with E-state index >= 15 is 0 Å². The summed E-state index contributed by atoms with van der Waals surface area (Å²) in [5.41, 5.74) is 4.76. The van der Waals surface area contributed by atoms with E-state index in [1.807, 2.05) is 6.92 Å². The first-order valence-corrected chi connectivity index (χ1v) is 6.23. The van der Waals surface area contributed by atoms with Crippen LogP contribution in [0, 0.1) is 0 Å². The highest BCUT2D eigenvalue weighted by Gasteiger charge is 2.33. The minimum absolute atomic E-state index is 0.0285. The number of nitrogens with two attached hydrogens (primary N) is 1. The Hall–Kier alpha value is -1.43. The van der Waals surface area contributed by atoms with Crippen LogP contribution in [0.15, 0.2) is 18.2 Å². The zero-order valence-corrected chi connectivity index (χ0v) is 10.9. The third kappa shape index (κ3) is 5.38. The van der Waals surface area contributed by atoms with E-state index in [-0.39, 0.29) is 11.4 Å². The molecule has 0 bridgehead atoms. The molecule has 0 saturated carbocycles. The van der Waals surface area contributed by atoms with Gasteiger partial charge in [-0.2, -0.15) is 13.2 Å². The van der Waals surface area contributed by atoms with Gasteiger partial charge < -0.3 is 15.8 Å². The van der Waals surface area contributed by atoms with Crippen molar-refractivity contribution in [3.8, 4) is 0 Å². The van der Waals surface area contributed by atoms with Gasteiger partial charge >= 0.3 is 6.18 Å². The van der Waals surface area contributed by atoms with E-state index in [2.05, 4.69) is 5.32 Å². The van der Waals surface area contributed by atoms with Crippen LogP contribution in [0.25, 0.3) is 0 Å². The molecule has 1 rings (SSSR count). The average Bonchev–Trinajstić information content (AvgIpc) is 2.34. The van der Waals surface area contributed by atoms with Gasteiger partial charge in [-0.25, -0.2) is 0 Å². The molecule has 0 saturated heterocycles. The highest BCUT2D eigenvalue weighted by molar-refractivity contribution is 5.59. The lowest BCUT2D eigenvalue weighted by atomic mass is 10.1. The van der Waals surface area contributed by atoms with Crippen molar-refractivity contribution in [2.75, 3.05) is 30.8 Å². The van der Waals surface area contributed by atoms with Gasteiger partial charge in [0.15, 0.2) is 0 Å². The van der Waals surface area contributed by atoms with E-state index in [1.165, 1.54) is 12.1 Å². The largest absolute Gasteiger partial charge is 0.418 e. The monoisotopic (exact) mass is 276 g/mol. The van der Waals surface area contributed by atoms with Gasteiger partial charge in [-0.3, -0.25) is 0 Å². The van der Waals surface area contributed by atoms with Crippen molar-refractivity contribution in [3.05, 3.63) is 23.8 Å². The molecule has 0 heterocycles. The van der Waals surface area contributed by atoms with Gasteiger partial charge in [0.2, 0.25) is 0 Å². The normalized spacial score (nSPS) is 11.6. The van der Waals surface area contributed by atoms with Gasteiger partial charge in [0.05, 0.1) is 12.2 Å². The molecule has 6 heteroatoms. The minimum Gasteiger partial charge on any atom is -0.399 e. The Morgan fingerprint density at radius 1 is 1.26 bits per heavy atom. The summed E-state index contributed by atoms with van der Waals surface area (Å²) in [6.45, 7) is 3.38. The Morgan fingerprint density at radius 3 is 2.63 bits per heavy atom. The summed E-state index contributed by atoms with van der Waals surface area (Å²) < 4.78 is 43.6. The van der Waals surface area contributed by atoms with E-state index in [1.54, 1.807) is 0 Å². The second-order valence-corrected chi connectivity index (χ2v) is 4.20. The lowest BCUT2D eigenvalue weighted by Gasteiger charge is -2.15. The minimum atomic E-state index is -4.42. The van der Waals surface area contributed by atoms with E-state index in [0.29, 0.717) is 19.8 Å². The molecule has 3 nitrogen and oxygen atoms in total. The molecule has 0 unspecified atom stereocenters. The molecule has 0 aliphatic rings. The maximum atomic E-state index is 12.8. The summed E-state index contributed by atoms with van der Waals surface area (Å²) in [6, 6.07) is 3.71. The molecule has 0 spiro atoms. The molecule has 19 heavy (non-hydrogen) atoms. The molecule has 1 aromatic rings. The fourth-order valence-electron chi connectivity index (χ4n) is 1.56. The molecular weight excluding hydrogens is 257 g/mol. The topological polar surface area (TPSA) is 47.3 Å². The Labute approximate surface area is 110 Å². The Kier molecular flexibility index (Phi) is 5.95. The third-order valence-corrected chi connectivity index (χ3v) is 2.55. The summed E-state index contributed by atoms with van der Waals surface area (Å²) in [6.07, 6.45) is -2.43. The van der Waals surface area contributed by atoms with Crippen LogP contribution in [-0.4, -0.2) is 19.8 Å². The van der Waals surface area contributed by atoms with Gasteiger partial charge in [-0.15, -0.1) is 0 Å². The fourth-order valence-corrected chi connectivity index (χ4v) is 1.56. The molecule has 0 radical (unpaired) electrons. The van der Waals surface area contributed by atoms with E-state index < -0.39 is 11.7 Å². The lowest BCUT2D eigenvalue weighted by molar-refractivity contribution is -0.136. The second kappa shape index (κ2) is 7.23. The summed E-state index contributed by atoms with van der Waals surface area (Å²) >= 11 is 0. The van der Waals surface area contributed by atoms with Crippen LogP contribution in [0.1, 0.15) is 25.3 Å². The SMILES string of the molecule is CCCCOCCNc1ccc(N)cc1C(F)(F)F. The van der Waals surface area contributed by atoms with E-state index in [9.17, 15) is 13.2 Å². The number of nitrogen functional groups attached to an aromatic ring is 1. The number of hydrogen-bond acceptors (Lipinski definition) is 3. The molecule has 1 aromatic carbocycles. The van der Waals surface area contributed by atoms with Gasteiger partial charge in [0.1, 0.15) is 0 Å². The molecular formula is C13H19F3N2O. The number of nitrogens with one attached hydrogen (secondary N) is 1. The molecule has 0 aromatic heterocycles. The first-order chi connectivity index (χ1) is 8.95. The number of anilines is 2. The highest BCUT2D eigenvalue weighted by Crippen LogP contribution is 2.35. The molecule has 0 fully saturated rings. The van der Waals surface area contributed by atoms with Crippen molar-refractivity contribution < 1.29 is 17.9 Å². The third-order valence-electron chi connectivity index (χ3n) is 2.55. The van der Waals surface area contributed by atoms with Crippen molar-refractivity contribution >= 4 is 11.4 Å². The van der Waals surface area contributed by atoms with Crippen LogP contribution in [0.5, 0.6) is 0 Å². The first-order valence-electron chi connectivity index (χ1n) is 6.23. The average molecular weight is 276 g/mol. The summed E-state index contributed by atoms with van der Waals surface area (Å²) in [4.78, 5) is 0. The van der Waals surface area contributed by atoms with Crippen LogP contribution in [-0.2, 0) is 10.9 Å². The predicted octanol–water partition coefficient (Wildman–Crippen LogP) is 3.52. The standard InChI is InChI=1S/C13H19F3N2O/c1-2-3-7-19-8-6-18-12-5-4-10(17)9-11(12)13(14,15)16/h4-5,9,18H,2-3,6-8,17H2,1H3. The van der Waals surface area contributed by atoms with Crippen LogP contribution in [0.3, 0.4) is 0 Å². The van der Waals surface area contributed by atoms with E-state index in [4.69, 9.17) is 10.5 Å². The highest BCUT2D eigenvalue weighted by atomic mass is 19.4. The second-order valence-electron chi connectivity index (χ2n) is 4.20. The maximum Gasteiger partial charge on any atom is 0.418 e. The molecule has 0 aliphatic carbocycles. The maximum absolute atomic E-state index is 12.8. The van der Waals surface area contributed by atoms with Crippen molar-refractivity contribution in [1.29, 1.82) is 0 Å². The number of ether oxygens (including phenoxy) is 1. The van der Waals surface area contributed by atoms with Crippen LogP contribution in [0.4, 0.5) is 24.5 Å². The predicted molar refractivity (Wildman–Crippen MR) is 70.1 cm³/mol. The van der Waals surface area contributed by atoms with Gasteiger partial charge in [0, 0.05) is 24.5 Å². The number of alkyl halides is 3. The smallest absolute Gasteiger partial charge is 0.399 e. The van der Waals surface area contributed by atoms with Gasteiger partial charge in [0.25, 0.3) is 0 Å². The Bertz CT molecular complexity index is 394. The van der Waals surface area contributed by atoms with Crippen LogP contribution < -0.4 is 11.1 Å². The molecule has 108 valence electrons. The van der Waals surface area contributed by atoms with Crippen molar-refractivity contribution in [1.82, 2.24) is 0 Å². The zero-order chi connectivity index (χ0) is 14.3. The quantitative estimate of drug-likeness (QED) is 0.591. The number of unbranched alkanes of at least 4 members (excludes halogenated alkanes) is 1. The van der Waals surface area contributed by atoms with Crippen LogP contribution in [0.2, 0.25) is 0 Å². The van der Waals surface area contributed by atoms with Gasteiger partial charge in [-0.1, -0.05) is 13.3 Å². The van der Waals surface area contributed by atoms with Crippen LogP contribution >= 0.6 is 0 Å². The first kappa shape index (κ1) is 15.6. The number of hydrogen-bond donors (Lipinski definition) is 2. The zero-order valence-electron chi connectivity index (χ0n) is 10.9. The van der Waals surface area contributed by atoms with Crippen molar-refractivity contribution in [2.24, 2.45) is 0 Å². The summed E-state index contributed by atoms with van der Waals surface area (Å²) in [5, 5.41) is 2.72. The molecule has 3 N–H and O–H groups in total. The number of benzene rings is 1. The molecule has 0 aliphatic heterocycles. The van der Waals surface area contributed by atoms with Crippen molar-refractivity contribution in [3.63, 3.8) is 0 Å². The Balaban J connectivity index is 2.54. The van der Waals surface area contributed by atoms with Gasteiger partial charge in [-0.05, 0) is 24.6 Å². The van der Waals surface area contributed by atoms with E-state index in [0.717, 1.165) is 18.9 Å². The fraction of sp³-hybridized carbons (Fsp3) is 0.538. The number of halogens is 3. The molecule has 0 amide bonds. The summed E-state index contributed by atoms with van der Waals surface area (Å²) in [5.74, 6) is 0. The van der Waals surface area contributed by atoms with Crippen molar-refractivity contribution in [2.45, 2.75) is 25.9 Å². The lowest BCUT2D eigenvalue weighted by Crippen LogP contribution is -2.15. The summed E-state index contributed by atoms with van der Waals surface area (Å²) in [7, 11) is 0. The number of rotatable bonds is 7. The molecule has 0 atom stereocenters.